The van der Waals surface area contributed by atoms with E-state index in [0.29, 0.717) is 0 Å². The first-order chi connectivity index (χ1) is 7.69. The maximum absolute atomic E-state index is 12.0. The quantitative estimate of drug-likeness (QED) is 0.636. The first-order valence-electron chi connectivity index (χ1n) is 4.11. The number of aliphatic hydroxyl groups is 1. The largest absolute Gasteiger partial charge is 0.534 e. The Balaban J connectivity index is 3.17. The molecule has 5 nitrogen and oxygen atoms in total. The molecule has 0 aromatic heterocycles. The molecule has 0 aliphatic rings. The van der Waals surface area contributed by atoms with E-state index < -0.39 is 39.3 Å². The van der Waals surface area contributed by atoms with E-state index >= 15 is 0 Å². The number of alkyl halides is 3. The molecule has 17 heavy (non-hydrogen) atoms. The smallest absolute Gasteiger partial charge is 0.507 e. The number of aromatic hydroxyl groups is 1. The average molecular weight is 272 g/mol. The van der Waals surface area contributed by atoms with Crippen LogP contribution < -0.4 is 4.18 Å². The highest BCUT2D eigenvalue weighted by atomic mass is 32.2. The topological polar surface area (TPSA) is 83.8 Å². The summed E-state index contributed by atoms with van der Waals surface area (Å²) >= 11 is 0. The summed E-state index contributed by atoms with van der Waals surface area (Å²) in [4.78, 5) is 0. The summed E-state index contributed by atoms with van der Waals surface area (Å²) in [5.41, 5.74) is -6.02. The Bertz CT molecular complexity index is 508. The Morgan fingerprint density at radius 1 is 1.29 bits per heavy atom. The van der Waals surface area contributed by atoms with Crippen LogP contribution in [0.15, 0.2) is 18.2 Å². The van der Waals surface area contributed by atoms with Crippen molar-refractivity contribution in [2.45, 2.75) is 12.1 Å². The van der Waals surface area contributed by atoms with Gasteiger partial charge in [0.05, 0.1) is 12.2 Å². The van der Waals surface area contributed by atoms with E-state index in [0.717, 1.165) is 18.2 Å². The summed E-state index contributed by atoms with van der Waals surface area (Å²) in [6.07, 6.45) is 0. The van der Waals surface area contributed by atoms with Gasteiger partial charge in [0.2, 0.25) is 0 Å². The average Bonchev–Trinajstić information content (AvgIpc) is 2.15. The summed E-state index contributed by atoms with van der Waals surface area (Å²) in [6, 6.07) is 3.03. The normalized spacial score (nSPS) is 12.5. The zero-order valence-electron chi connectivity index (χ0n) is 8.10. The van der Waals surface area contributed by atoms with Crippen LogP contribution in [0.4, 0.5) is 13.2 Å². The van der Waals surface area contributed by atoms with Crippen LogP contribution in [-0.2, 0) is 16.7 Å². The van der Waals surface area contributed by atoms with E-state index in [2.05, 4.69) is 4.18 Å². The molecule has 9 heteroatoms. The second kappa shape index (κ2) is 4.41. The van der Waals surface area contributed by atoms with Crippen molar-refractivity contribution >= 4 is 10.1 Å². The summed E-state index contributed by atoms with van der Waals surface area (Å²) < 4.78 is 61.2. The van der Waals surface area contributed by atoms with Gasteiger partial charge in [-0.05, 0) is 12.1 Å². The number of halogens is 3. The van der Waals surface area contributed by atoms with Gasteiger partial charge in [-0.1, -0.05) is 6.07 Å². The van der Waals surface area contributed by atoms with Crippen LogP contribution in [0.2, 0.25) is 0 Å². The zero-order valence-corrected chi connectivity index (χ0v) is 8.92. The molecule has 0 atom stereocenters. The molecule has 96 valence electrons. The van der Waals surface area contributed by atoms with E-state index in [4.69, 9.17) is 5.11 Å². The fourth-order valence-electron chi connectivity index (χ4n) is 0.956. The third kappa shape index (κ3) is 2.80. The molecule has 1 rings (SSSR count). The third-order valence-corrected chi connectivity index (χ3v) is 2.72. The molecule has 1 aromatic carbocycles. The van der Waals surface area contributed by atoms with Gasteiger partial charge in [0.1, 0.15) is 5.75 Å². The Morgan fingerprint density at radius 2 is 1.88 bits per heavy atom. The molecular formula is C8H7F3O5S. The van der Waals surface area contributed by atoms with Crippen molar-refractivity contribution in [3.63, 3.8) is 0 Å². The van der Waals surface area contributed by atoms with Crippen LogP contribution in [0.25, 0.3) is 0 Å². The molecule has 0 saturated heterocycles. The predicted octanol–water partition coefficient (Wildman–Crippen LogP) is 1.11. The fraction of sp³-hybridized carbons (Fsp3) is 0.250. The maximum atomic E-state index is 12.0. The Morgan fingerprint density at radius 3 is 2.35 bits per heavy atom. The standard InChI is InChI=1S/C8H7F3O5S/c9-8(10,11)17(14,15)16-7-3-1-2-6(13)5(7)4-12/h1-3,12-13H,4H2. The van der Waals surface area contributed by atoms with Crippen molar-refractivity contribution in [2.24, 2.45) is 0 Å². The molecule has 0 aliphatic heterocycles. The molecule has 0 spiro atoms. The van der Waals surface area contributed by atoms with Gasteiger partial charge in [0.25, 0.3) is 0 Å². The monoisotopic (exact) mass is 272 g/mol. The highest BCUT2D eigenvalue weighted by Crippen LogP contribution is 2.32. The first kappa shape index (κ1) is 13.6. The van der Waals surface area contributed by atoms with Crippen LogP contribution >= 0.6 is 0 Å². The lowest BCUT2D eigenvalue weighted by atomic mass is 10.2. The van der Waals surface area contributed by atoms with Crippen LogP contribution in [-0.4, -0.2) is 24.1 Å². The minimum Gasteiger partial charge on any atom is -0.507 e. The Labute approximate surface area is 94.2 Å². The van der Waals surface area contributed by atoms with Crippen LogP contribution in [0, 0.1) is 0 Å². The summed E-state index contributed by atoms with van der Waals surface area (Å²) in [5, 5.41) is 18.0. The summed E-state index contributed by atoms with van der Waals surface area (Å²) in [6.45, 7) is -0.866. The minimum atomic E-state index is -5.82. The number of hydrogen-bond acceptors (Lipinski definition) is 5. The van der Waals surface area contributed by atoms with E-state index in [1.54, 1.807) is 0 Å². The second-order valence-electron chi connectivity index (χ2n) is 2.90. The number of benzene rings is 1. The molecule has 2 N–H and O–H groups in total. The molecule has 0 saturated carbocycles. The van der Waals surface area contributed by atoms with Gasteiger partial charge >= 0.3 is 15.6 Å². The number of rotatable bonds is 3. The van der Waals surface area contributed by atoms with E-state index in [1.165, 1.54) is 0 Å². The fourth-order valence-corrected chi connectivity index (χ4v) is 1.44. The van der Waals surface area contributed by atoms with Gasteiger partial charge in [-0.15, -0.1) is 0 Å². The van der Waals surface area contributed by atoms with Crippen molar-refractivity contribution in [3.8, 4) is 11.5 Å². The lowest BCUT2D eigenvalue weighted by molar-refractivity contribution is -0.0500. The molecule has 1 aromatic rings. The zero-order chi connectivity index (χ0) is 13.3. The van der Waals surface area contributed by atoms with Crippen molar-refractivity contribution < 1.29 is 36.0 Å². The van der Waals surface area contributed by atoms with Crippen LogP contribution in [0.5, 0.6) is 11.5 Å². The van der Waals surface area contributed by atoms with Crippen LogP contribution in [0.1, 0.15) is 5.56 Å². The molecule has 0 aliphatic carbocycles. The molecular weight excluding hydrogens is 265 g/mol. The molecule has 0 unspecified atom stereocenters. The van der Waals surface area contributed by atoms with Crippen molar-refractivity contribution in [1.82, 2.24) is 0 Å². The molecule has 0 heterocycles. The minimum absolute atomic E-state index is 0.444. The highest BCUT2D eigenvalue weighted by Gasteiger charge is 2.48. The van der Waals surface area contributed by atoms with Crippen molar-refractivity contribution in [3.05, 3.63) is 23.8 Å². The number of hydrogen-bond donors (Lipinski definition) is 2. The van der Waals surface area contributed by atoms with Gasteiger partial charge in [0.15, 0.2) is 5.75 Å². The molecule has 0 radical (unpaired) electrons. The van der Waals surface area contributed by atoms with Crippen molar-refractivity contribution in [2.75, 3.05) is 0 Å². The Kier molecular flexibility index (Phi) is 3.53. The highest BCUT2D eigenvalue weighted by molar-refractivity contribution is 7.88. The molecule has 0 amide bonds. The van der Waals surface area contributed by atoms with Gasteiger partial charge in [-0.2, -0.15) is 21.6 Å². The molecule has 0 fully saturated rings. The van der Waals surface area contributed by atoms with Gasteiger partial charge in [-0.25, -0.2) is 0 Å². The van der Waals surface area contributed by atoms with Gasteiger partial charge < -0.3 is 14.4 Å². The summed E-state index contributed by atoms with van der Waals surface area (Å²) in [5.74, 6) is -1.34. The van der Waals surface area contributed by atoms with E-state index in [9.17, 15) is 26.7 Å². The second-order valence-corrected chi connectivity index (χ2v) is 4.43. The maximum Gasteiger partial charge on any atom is 0.534 e. The van der Waals surface area contributed by atoms with Crippen molar-refractivity contribution in [1.29, 1.82) is 0 Å². The Hall–Kier alpha value is -1.48. The lowest BCUT2D eigenvalue weighted by Gasteiger charge is -2.12. The van der Waals surface area contributed by atoms with E-state index in [-0.39, 0.29) is 0 Å². The van der Waals surface area contributed by atoms with Gasteiger partial charge in [-0.3, -0.25) is 0 Å². The first-order valence-corrected chi connectivity index (χ1v) is 5.52. The van der Waals surface area contributed by atoms with Crippen LogP contribution in [0.3, 0.4) is 0 Å². The number of aliphatic hydroxyl groups excluding tert-OH is 1. The lowest BCUT2D eigenvalue weighted by Crippen LogP contribution is -2.28. The predicted molar refractivity (Wildman–Crippen MR) is 49.6 cm³/mol. The third-order valence-electron chi connectivity index (χ3n) is 1.75. The van der Waals surface area contributed by atoms with E-state index in [1.807, 2.05) is 0 Å². The SMILES string of the molecule is O=S(=O)(Oc1cccc(O)c1CO)C(F)(F)F. The number of phenols is 1. The van der Waals surface area contributed by atoms with Gasteiger partial charge in [0, 0.05) is 0 Å². The summed E-state index contributed by atoms with van der Waals surface area (Å²) in [7, 11) is -5.82. The molecule has 0 bridgehead atoms.